The third-order valence-corrected chi connectivity index (χ3v) is 2.26. The molecule has 0 radical (unpaired) electrons. The fourth-order valence-electron chi connectivity index (χ4n) is 1.29. The van der Waals surface area contributed by atoms with Crippen LogP contribution < -0.4 is 5.32 Å². The molecule has 3 nitrogen and oxygen atoms in total. The standard InChI is InChI=1S/C12H14FNO2/c1-4-9-5-6-11(14-8(2)16-3)10(7-15)12(9)13/h4-8,14H,1H2,2-3H3/t8-/m1/s1. The summed E-state index contributed by atoms with van der Waals surface area (Å²) in [4.78, 5) is 10.8. The van der Waals surface area contributed by atoms with Gasteiger partial charge in [-0.3, -0.25) is 4.79 Å². The Morgan fingerprint density at radius 2 is 2.25 bits per heavy atom. The first-order chi connectivity index (χ1) is 7.63. The minimum absolute atomic E-state index is 0.0127. The van der Waals surface area contributed by atoms with Crippen LogP contribution in [-0.2, 0) is 4.74 Å². The van der Waals surface area contributed by atoms with E-state index in [2.05, 4.69) is 11.9 Å². The second-order valence-corrected chi connectivity index (χ2v) is 3.27. The van der Waals surface area contributed by atoms with E-state index in [-0.39, 0.29) is 11.8 Å². The van der Waals surface area contributed by atoms with Gasteiger partial charge in [0, 0.05) is 18.4 Å². The number of anilines is 1. The van der Waals surface area contributed by atoms with Crippen molar-refractivity contribution in [3.63, 3.8) is 0 Å². The van der Waals surface area contributed by atoms with Gasteiger partial charge < -0.3 is 10.1 Å². The Labute approximate surface area is 93.9 Å². The second-order valence-electron chi connectivity index (χ2n) is 3.27. The molecule has 0 aliphatic rings. The van der Waals surface area contributed by atoms with Crippen molar-refractivity contribution < 1.29 is 13.9 Å². The van der Waals surface area contributed by atoms with E-state index < -0.39 is 5.82 Å². The molecule has 4 heteroatoms. The molecule has 0 aromatic heterocycles. The number of benzene rings is 1. The number of hydrogen-bond donors (Lipinski definition) is 1. The van der Waals surface area contributed by atoms with E-state index in [4.69, 9.17) is 4.74 Å². The average molecular weight is 223 g/mol. The van der Waals surface area contributed by atoms with Crippen LogP contribution in [0.4, 0.5) is 10.1 Å². The van der Waals surface area contributed by atoms with E-state index in [1.165, 1.54) is 13.2 Å². The van der Waals surface area contributed by atoms with Gasteiger partial charge in [-0.15, -0.1) is 0 Å². The highest BCUT2D eigenvalue weighted by Crippen LogP contribution is 2.22. The second kappa shape index (κ2) is 5.42. The van der Waals surface area contributed by atoms with Crippen LogP contribution in [0.15, 0.2) is 18.7 Å². The van der Waals surface area contributed by atoms with E-state index in [1.54, 1.807) is 19.1 Å². The number of rotatable bonds is 5. The number of aldehydes is 1. The zero-order valence-electron chi connectivity index (χ0n) is 9.29. The van der Waals surface area contributed by atoms with Crippen molar-refractivity contribution in [3.05, 3.63) is 35.7 Å². The van der Waals surface area contributed by atoms with Crippen LogP contribution in [0.25, 0.3) is 6.08 Å². The van der Waals surface area contributed by atoms with Gasteiger partial charge in [-0.25, -0.2) is 4.39 Å². The highest BCUT2D eigenvalue weighted by Gasteiger charge is 2.12. The van der Waals surface area contributed by atoms with Crippen molar-refractivity contribution in [2.45, 2.75) is 13.2 Å². The number of carbonyl (C=O) groups excluding carboxylic acids is 1. The van der Waals surface area contributed by atoms with Crippen LogP contribution in [0.2, 0.25) is 0 Å². The molecule has 0 spiro atoms. The van der Waals surface area contributed by atoms with Crippen molar-refractivity contribution in [3.8, 4) is 0 Å². The Morgan fingerprint density at radius 1 is 1.56 bits per heavy atom. The summed E-state index contributed by atoms with van der Waals surface area (Å²) >= 11 is 0. The third-order valence-electron chi connectivity index (χ3n) is 2.26. The lowest BCUT2D eigenvalue weighted by Gasteiger charge is -2.15. The molecule has 0 aliphatic carbocycles. The van der Waals surface area contributed by atoms with Crippen LogP contribution in [0.5, 0.6) is 0 Å². The van der Waals surface area contributed by atoms with E-state index in [0.29, 0.717) is 17.5 Å². The SMILES string of the molecule is C=Cc1ccc(N[C@@H](C)OC)c(C=O)c1F. The van der Waals surface area contributed by atoms with Gasteiger partial charge in [-0.2, -0.15) is 0 Å². The Bertz CT molecular complexity index is 404. The van der Waals surface area contributed by atoms with E-state index >= 15 is 0 Å². The van der Waals surface area contributed by atoms with Crippen molar-refractivity contribution >= 4 is 18.0 Å². The fraction of sp³-hybridized carbons (Fsp3) is 0.250. The van der Waals surface area contributed by atoms with Crippen molar-refractivity contribution in [1.29, 1.82) is 0 Å². The van der Waals surface area contributed by atoms with Gasteiger partial charge in [0.05, 0.1) is 5.56 Å². The number of halogens is 1. The summed E-state index contributed by atoms with van der Waals surface area (Å²) in [5.74, 6) is -0.571. The molecular weight excluding hydrogens is 209 g/mol. The monoisotopic (exact) mass is 223 g/mol. The number of ether oxygens (including phenoxy) is 1. The van der Waals surface area contributed by atoms with Crippen LogP contribution in [0, 0.1) is 5.82 Å². The minimum atomic E-state index is -0.571. The van der Waals surface area contributed by atoms with Crippen LogP contribution in [0.1, 0.15) is 22.8 Å². The molecule has 1 aromatic rings. The summed E-state index contributed by atoms with van der Waals surface area (Å²) < 4.78 is 18.7. The summed E-state index contributed by atoms with van der Waals surface area (Å²) in [5, 5.41) is 2.88. The third kappa shape index (κ3) is 2.46. The summed E-state index contributed by atoms with van der Waals surface area (Å²) in [5.41, 5.74) is 0.700. The van der Waals surface area contributed by atoms with Gasteiger partial charge in [-0.05, 0) is 19.1 Å². The van der Waals surface area contributed by atoms with Crippen LogP contribution in [0.3, 0.4) is 0 Å². The molecular formula is C12H14FNO2. The van der Waals surface area contributed by atoms with Gasteiger partial charge in [0.2, 0.25) is 0 Å². The Balaban J connectivity index is 3.15. The van der Waals surface area contributed by atoms with Gasteiger partial charge in [0.15, 0.2) is 6.29 Å². The fourth-order valence-corrected chi connectivity index (χ4v) is 1.29. The Hall–Kier alpha value is -1.68. The lowest BCUT2D eigenvalue weighted by atomic mass is 10.1. The quantitative estimate of drug-likeness (QED) is 0.616. The van der Waals surface area contributed by atoms with Crippen molar-refractivity contribution in [1.82, 2.24) is 0 Å². The first kappa shape index (κ1) is 12.4. The molecule has 0 bridgehead atoms. The first-order valence-electron chi connectivity index (χ1n) is 4.83. The van der Waals surface area contributed by atoms with Crippen LogP contribution in [-0.4, -0.2) is 19.6 Å². The Morgan fingerprint density at radius 3 is 2.75 bits per heavy atom. The van der Waals surface area contributed by atoms with E-state index in [0.717, 1.165) is 0 Å². The lowest BCUT2D eigenvalue weighted by molar-refractivity contribution is 0.111. The van der Waals surface area contributed by atoms with Crippen molar-refractivity contribution in [2.75, 3.05) is 12.4 Å². The van der Waals surface area contributed by atoms with Gasteiger partial charge in [0.25, 0.3) is 0 Å². The highest BCUT2D eigenvalue weighted by atomic mass is 19.1. The van der Waals surface area contributed by atoms with E-state index in [1.807, 2.05) is 0 Å². The van der Waals surface area contributed by atoms with Gasteiger partial charge in [-0.1, -0.05) is 12.7 Å². The molecule has 0 aliphatic heterocycles. The summed E-state index contributed by atoms with van der Waals surface area (Å²) in [6.45, 7) is 5.23. The maximum Gasteiger partial charge on any atom is 0.155 e. The average Bonchev–Trinajstić information content (AvgIpc) is 2.29. The molecule has 0 heterocycles. The number of nitrogens with one attached hydrogen (secondary N) is 1. The molecule has 1 rings (SSSR count). The van der Waals surface area contributed by atoms with Crippen LogP contribution >= 0.6 is 0 Å². The summed E-state index contributed by atoms with van der Waals surface area (Å²) in [6, 6.07) is 3.18. The summed E-state index contributed by atoms with van der Waals surface area (Å²) in [6.07, 6.45) is 1.55. The normalized spacial score (nSPS) is 11.9. The predicted octanol–water partition coefficient (Wildman–Crippen LogP) is 2.69. The molecule has 1 atom stereocenters. The first-order valence-corrected chi connectivity index (χ1v) is 4.83. The van der Waals surface area contributed by atoms with E-state index in [9.17, 15) is 9.18 Å². The molecule has 0 unspecified atom stereocenters. The predicted molar refractivity (Wildman–Crippen MR) is 62.0 cm³/mol. The van der Waals surface area contributed by atoms with Gasteiger partial charge >= 0.3 is 0 Å². The zero-order valence-corrected chi connectivity index (χ0v) is 9.29. The topological polar surface area (TPSA) is 38.3 Å². The minimum Gasteiger partial charge on any atom is -0.362 e. The zero-order chi connectivity index (χ0) is 12.1. The largest absolute Gasteiger partial charge is 0.362 e. The molecule has 1 N–H and O–H groups in total. The van der Waals surface area contributed by atoms with Gasteiger partial charge in [0.1, 0.15) is 12.0 Å². The van der Waals surface area contributed by atoms with Crippen molar-refractivity contribution in [2.24, 2.45) is 0 Å². The maximum absolute atomic E-state index is 13.7. The molecule has 0 amide bonds. The maximum atomic E-state index is 13.7. The molecule has 0 saturated carbocycles. The molecule has 1 aromatic carbocycles. The lowest BCUT2D eigenvalue weighted by Crippen LogP contribution is -2.18. The molecule has 16 heavy (non-hydrogen) atoms. The number of methoxy groups -OCH3 is 1. The number of hydrogen-bond acceptors (Lipinski definition) is 3. The molecule has 0 saturated heterocycles. The molecule has 0 fully saturated rings. The smallest absolute Gasteiger partial charge is 0.155 e. The summed E-state index contributed by atoms with van der Waals surface area (Å²) in [7, 11) is 1.52. The molecule has 86 valence electrons. The number of carbonyl (C=O) groups is 1. The highest BCUT2D eigenvalue weighted by molar-refractivity contribution is 5.86. The Kier molecular flexibility index (Phi) is 4.19.